The molecule has 2 aromatic heterocycles. The molecule has 31 heavy (non-hydrogen) atoms. The lowest BCUT2D eigenvalue weighted by molar-refractivity contribution is 0.0951. The van der Waals surface area contributed by atoms with Gasteiger partial charge in [-0.1, -0.05) is 30.3 Å². The first-order valence-electron chi connectivity index (χ1n) is 10.6. The standard InChI is InChI=1S/C24H24N6O/c31-23(26-15-16-5-2-1-3-6-16)17-9-11-19(12-10-17)28-24-29-21-20(13-14-25-21)22(30-24)27-18-7-4-8-18/h1-3,5-6,9-14,18H,4,7-8,15H2,(H,26,31)(H3,25,27,28,29,30). The maximum Gasteiger partial charge on any atom is 0.251 e. The molecular formula is C24H24N6O. The number of H-pyrrole nitrogens is 1. The van der Waals surface area contributed by atoms with Gasteiger partial charge in [-0.15, -0.1) is 0 Å². The molecule has 2 aromatic carbocycles. The maximum atomic E-state index is 12.4. The van der Waals surface area contributed by atoms with Crippen LogP contribution in [-0.4, -0.2) is 26.9 Å². The Hall–Kier alpha value is -3.87. The molecule has 4 aromatic rings. The van der Waals surface area contributed by atoms with Crippen LogP contribution in [0.1, 0.15) is 35.2 Å². The zero-order valence-electron chi connectivity index (χ0n) is 17.1. The molecule has 1 aliphatic carbocycles. The maximum absolute atomic E-state index is 12.4. The minimum Gasteiger partial charge on any atom is -0.367 e. The Bertz CT molecular complexity index is 1180. The highest BCUT2D eigenvalue weighted by Crippen LogP contribution is 2.28. The van der Waals surface area contributed by atoms with Crippen LogP contribution in [0.25, 0.3) is 11.0 Å². The second-order valence-electron chi connectivity index (χ2n) is 7.78. The molecule has 0 bridgehead atoms. The number of nitrogens with zero attached hydrogens (tertiary/aromatic N) is 2. The van der Waals surface area contributed by atoms with Crippen molar-refractivity contribution >= 4 is 34.4 Å². The molecule has 7 heteroatoms. The minimum atomic E-state index is -0.105. The summed E-state index contributed by atoms with van der Waals surface area (Å²) < 4.78 is 0. The van der Waals surface area contributed by atoms with Gasteiger partial charge in [0.2, 0.25) is 5.95 Å². The van der Waals surface area contributed by atoms with Gasteiger partial charge in [0.1, 0.15) is 11.5 Å². The number of benzene rings is 2. The summed E-state index contributed by atoms with van der Waals surface area (Å²) in [7, 11) is 0. The molecule has 156 valence electrons. The van der Waals surface area contributed by atoms with Crippen LogP contribution in [0.2, 0.25) is 0 Å². The first-order valence-corrected chi connectivity index (χ1v) is 10.6. The second-order valence-corrected chi connectivity index (χ2v) is 7.78. The minimum absolute atomic E-state index is 0.105. The van der Waals surface area contributed by atoms with Gasteiger partial charge in [-0.05, 0) is 55.2 Å². The van der Waals surface area contributed by atoms with Gasteiger partial charge in [0.05, 0.1) is 5.39 Å². The number of carbonyl (C=O) groups is 1. The molecule has 7 nitrogen and oxygen atoms in total. The van der Waals surface area contributed by atoms with Crippen molar-refractivity contribution < 1.29 is 4.79 Å². The largest absolute Gasteiger partial charge is 0.367 e. The highest BCUT2D eigenvalue weighted by Gasteiger charge is 2.19. The summed E-state index contributed by atoms with van der Waals surface area (Å²) in [6.07, 6.45) is 5.48. The van der Waals surface area contributed by atoms with Crippen LogP contribution in [0, 0.1) is 0 Å². The van der Waals surface area contributed by atoms with Gasteiger partial charge in [0, 0.05) is 30.0 Å². The lowest BCUT2D eigenvalue weighted by Gasteiger charge is -2.27. The van der Waals surface area contributed by atoms with Crippen molar-refractivity contribution in [3.63, 3.8) is 0 Å². The van der Waals surface area contributed by atoms with E-state index < -0.39 is 0 Å². The third-order valence-electron chi connectivity index (χ3n) is 5.56. The Morgan fingerprint density at radius 2 is 1.81 bits per heavy atom. The fraction of sp³-hybridized carbons (Fsp3) is 0.208. The van der Waals surface area contributed by atoms with Crippen molar-refractivity contribution in [3.8, 4) is 0 Å². The number of hydrogen-bond acceptors (Lipinski definition) is 5. The van der Waals surface area contributed by atoms with E-state index in [4.69, 9.17) is 0 Å². The van der Waals surface area contributed by atoms with E-state index in [2.05, 4.69) is 30.9 Å². The van der Waals surface area contributed by atoms with E-state index in [0.717, 1.165) is 28.1 Å². The van der Waals surface area contributed by atoms with E-state index >= 15 is 0 Å². The predicted molar refractivity (Wildman–Crippen MR) is 122 cm³/mol. The van der Waals surface area contributed by atoms with E-state index in [1.54, 1.807) is 12.1 Å². The van der Waals surface area contributed by atoms with E-state index in [0.29, 0.717) is 24.1 Å². The van der Waals surface area contributed by atoms with Gasteiger partial charge in [0.15, 0.2) is 0 Å². The number of carbonyl (C=O) groups excluding carboxylic acids is 1. The smallest absolute Gasteiger partial charge is 0.251 e. The molecule has 0 spiro atoms. The van der Waals surface area contributed by atoms with E-state index in [1.165, 1.54) is 19.3 Å². The Morgan fingerprint density at radius 3 is 2.55 bits per heavy atom. The average molecular weight is 412 g/mol. The molecule has 0 aliphatic heterocycles. The highest BCUT2D eigenvalue weighted by molar-refractivity contribution is 5.94. The fourth-order valence-corrected chi connectivity index (χ4v) is 3.57. The quantitative estimate of drug-likeness (QED) is 0.356. The van der Waals surface area contributed by atoms with Crippen LogP contribution in [0.3, 0.4) is 0 Å². The number of anilines is 3. The molecule has 1 fully saturated rings. The van der Waals surface area contributed by atoms with Crippen molar-refractivity contribution in [3.05, 3.63) is 78.0 Å². The Labute approximate surface area is 180 Å². The van der Waals surface area contributed by atoms with E-state index in [-0.39, 0.29) is 5.91 Å². The zero-order valence-corrected chi connectivity index (χ0v) is 17.1. The third kappa shape index (κ3) is 4.35. The third-order valence-corrected chi connectivity index (χ3v) is 5.56. The number of hydrogen-bond donors (Lipinski definition) is 4. The van der Waals surface area contributed by atoms with Crippen LogP contribution in [-0.2, 0) is 6.54 Å². The molecule has 0 radical (unpaired) electrons. The first kappa shape index (κ1) is 19.1. The van der Waals surface area contributed by atoms with Crippen molar-refractivity contribution in [1.82, 2.24) is 20.3 Å². The molecule has 0 unspecified atom stereocenters. The molecule has 4 N–H and O–H groups in total. The molecule has 1 amide bonds. The van der Waals surface area contributed by atoms with Gasteiger partial charge in [0.25, 0.3) is 5.91 Å². The van der Waals surface area contributed by atoms with Crippen LogP contribution >= 0.6 is 0 Å². The van der Waals surface area contributed by atoms with Gasteiger partial charge in [-0.3, -0.25) is 4.79 Å². The molecule has 5 rings (SSSR count). The SMILES string of the molecule is O=C(NCc1ccccc1)c1ccc(Nc2nc(NC3CCC3)c3cc[nH]c3n2)cc1. The zero-order chi connectivity index (χ0) is 21.0. The summed E-state index contributed by atoms with van der Waals surface area (Å²) >= 11 is 0. The molecule has 2 heterocycles. The second kappa shape index (κ2) is 8.47. The highest BCUT2D eigenvalue weighted by atomic mass is 16.1. The van der Waals surface area contributed by atoms with Crippen molar-refractivity contribution in [2.24, 2.45) is 0 Å². The van der Waals surface area contributed by atoms with Crippen LogP contribution in [0.5, 0.6) is 0 Å². The molecule has 0 saturated heterocycles. The molecular weight excluding hydrogens is 388 g/mol. The lowest BCUT2D eigenvalue weighted by atomic mass is 9.93. The molecule has 1 aliphatic rings. The van der Waals surface area contributed by atoms with Gasteiger partial charge < -0.3 is 20.9 Å². The average Bonchev–Trinajstić information content (AvgIpc) is 3.24. The summed E-state index contributed by atoms with van der Waals surface area (Å²) in [6.45, 7) is 0.500. The van der Waals surface area contributed by atoms with Gasteiger partial charge in [-0.2, -0.15) is 9.97 Å². The summed E-state index contributed by atoms with van der Waals surface area (Å²) in [5.41, 5.74) is 3.28. The summed E-state index contributed by atoms with van der Waals surface area (Å²) in [4.78, 5) is 24.8. The Morgan fingerprint density at radius 1 is 1.00 bits per heavy atom. The van der Waals surface area contributed by atoms with Crippen LogP contribution in [0.4, 0.5) is 17.5 Å². The van der Waals surface area contributed by atoms with Crippen molar-refractivity contribution in [2.45, 2.75) is 31.8 Å². The van der Waals surface area contributed by atoms with Gasteiger partial charge >= 0.3 is 0 Å². The number of aromatic amines is 1. The van der Waals surface area contributed by atoms with Crippen LogP contribution < -0.4 is 16.0 Å². The van der Waals surface area contributed by atoms with Crippen LogP contribution in [0.15, 0.2) is 66.9 Å². The first-order chi connectivity index (χ1) is 15.2. The Balaban J connectivity index is 1.27. The van der Waals surface area contributed by atoms with Crippen molar-refractivity contribution in [1.29, 1.82) is 0 Å². The number of nitrogens with one attached hydrogen (secondary N) is 4. The fourth-order valence-electron chi connectivity index (χ4n) is 3.57. The molecule has 0 atom stereocenters. The Kier molecular flexibility index (Phi) is 5.22. The van der Waals surface area contributed by atoms with E-state index in [9.17, 15) is 4.79 Å². The predicted octanol–water partition coefficient (Wildman–Crippen LogP) is 4.60. The van der Waals surface area contributed by atoms with Crippen molar-refractivity contribution in [2.75, 3.05) is 10.6 Å². The normalized spacial score (nSPS) is 13.5. The summed E-state index contributed by atoms with van der Waals surface area (Å²) in [5, 5.41) is 10.7. The number of fused-ring (bicyclic) bond motifs is 1. The lowest BCUT2D eigenvalue weighted by Crippen LogP contribution is -2.27. The van der Waals surface area contributed by atoms with Gasteiger partial charge in [-0.25, -0.2) is 0 Å². The molecule has 1 saturated carbocycles. The van der Waals surface area contributed by atoms with E-state index in [1.807, 2.05) is 54.7 Å². The summed E-state index contributed by atoms with van der Waals surface area (Å²) in [6, 6.07) is 19.6. The number of aromatic nitrogens is 3. The number of amides is 1. The topological polar surface area (TPSA) is 94.7 Å². The monoisotopic (exact) mass is 412 g/mol. The summed E-state index contributed by atoms with van der Waals surface area (Å²) in [5.74, 6) is 1.25. The number of rotatable bonds is 7.